The Bertz CT molecular complexity index is 1480. The van der Waals surface area contributed by atoms with Crippen molar-refractivity contribution in [1.29, 1.82) is 0 Å². The van der Waals surface area contributed by atoms with Gasteiger partial charge in [0, 0.05) is 39.6 Å². The molecule has 1 aliphatic heterocycles. The number of aliphatic imine (C=N–C) groups is 2. The summed E-state index contributed by atoms with van der Waals surface area (Å²) >= 11 is 0. The predicted octanol–water partition coefficient (Wildman–Crippen LogP) is 6.75. The number of benzene rings is 4. The average molecular weight is 400 g/mol. The summed E-state index contributed by atoms with van der Waals surface area (Å²) in [6, 6.07) is 33.2. The smallest absolute Gasteiger partial charge is 0.138 e. The van der Waals surface area contributed by atoms with Gasteiger partial charge in [0.15, 0.2) is 0 Å². The maximum atomic E-state index is 6.23. The van der Waals surface area contributed by atoms with Gasteiger partial charge in [-0.1, -0.05) is 84.9 Å². The lowest BCUT2D eigenvalue weighted by Gasteiger charge is -2.07. The molecule has 0 spiro atoms. The molecule has 0 amide bonds. The van der Waals surface area contributed by atoms with E-state index in [1.807, 2.05) is 30.3 Å². The predicted molar refractivity (Wildman–Crippen MR) is 128 cm³/mol. The Balaban J connectivity index is 1.44. The van der Waals surface area contributed by atoms with Crippen molar-refractivity contribution in [1.82, 2.24) is 0 Å². The molecule has 3 heteroatoms. The molecule has 148 valence electrons. The Hall–Kier alpha value is -3.98. The van der Waals surface area contributed by atoms with Crippen molar-refractivity contribution in [2.75, 3.05) is 6.54 Å². The van der Waals surface area contributed by atoms with Crippen LogP contribution in [0.3, 0.4) is 0 Å². The lowest BCUT2D eigenvalue weighted by Crippen LogP contribution is -2.08. The topological polar surface area (TPSA) is 37.9 Å². The van der Waals surface area contributed by atoms with E-state index in [-0.39, 0.29) is 0 Å². The molecule has 4 aromatic carbocycles. The first-order valence-electron chi connectivity index (χ1n) is 10.5. The van der Waals surface area contributed by atoms with Crippen LogP contribution in [0.25, 0.3) is 21.9 Å². The largest absolute Gasteiger partial charge is 0.456 e. The van der Waals surface area contributed by atoms with Crippen molar-refractivity contribution in [2.24, 2.45) is 9.98 Å². The molecular formula is C28H20N2O. The molecule has 0 saturated carbocycles. The third-order valence-corrected chi connectivity index (χ3v) is 5.78. The highest BCUT2D eigenvalue weighted by Crippen LogP contribution is 2.32. The van der Waals surface area contributed by atoms with Crippen LogP contribution in [0.5, 0.6) is 0 Å². The van der Waals surface area contributed by atoms with Gasteiger partial charge in [0.05, 0.1) is 17.9 Å². The minimum Gasteiger partial charge on any atom is -0.456 e. The zero-order valence-electron chi connectivity index (χ0n) is 17.0. The highest BCUT2D eigenvalue weighted by atomic mass is 16.3. The number of hydrogen-bond donors (Lipinski definition) is 0. The molecule has 0 unspecified atom stereocenters. The molecule has 0 fully saturated rings. The number of hydrogen-bond acceptors (Lipinski definition) is 3. The van der Waals surface area contributed by atoms with E-state index >= 15 is 0 Å². The molecule has 31 heavy (non-hydrogen) atoms. The first-order chi connectivity index (χ1) is 15.4. The summed E-state index contributed by atoms with van der Waals surface area (Å²) in [7, 11) is 0. The number of furan rings is 1. The molecule has 0 bridgehead atoms. The van der Waals surface area contributed by atoms with Crippen LogP contribution in [0.1, 0.15) is 16.7 Å². The highest BCUT2D eigenvalue weighted by Gasteiger charge is 2.17. The summed E-state index contributed by atoms with van der Waals surface area (Å²) in [6.07, 6.45) is 0.705. The Morgan fingerprint density at radius 2 is 1.48 bits per heavy atom. The van der Waals surface area contributed by atoms with Gasteiger partial charge in [0.2, 0.25) is 0 Å². The van der Waals surface area contributed by atoms with Gasteiger partial charge in [-0.05, 0) is 12.1 Å². The quantitative estimate of drug-likeness (QED) is 0.330. The minimum absolute atomic E-state index is 0.565. The molecule has 0 radical (unpaired) electrons. The fourth-order valence-electron chi connectivity index (χ4n) is 4.34. The molecular weight excluding hydrogens is 380 g/mol. The van der Waals surface area contributed by atoms with Crippen LogP contribution in [0.2, 0.25) is 0 Å². The van der Waals surface area contributed by atoms with Gasteiger partial charge < -0.3 is 4.42 Å². The van der Waals surface area contributed by atoms with Crippen LogP contribution >= 0.6 is 0 Å². The molecule has 6 rings (SSSR count). The van der Waals surface area contributed by atoms with E-state index in [1.54, 1.807) is 0 Å². The van der Waals surface area contributed by atoms with Crippen molar-refractivity contribution in [3.8, 4) is 0 Å². The van der Waals surface area contributed by atoms with Crippen molar-refractivity contribution >= 4 is 39.0 Å². The molecule has 5 aromatic rings. The van der Waals surface area contributed by atoms with Gasteiger partial charge in [-0.15, -0.1) is 0 Å². The number of para-hydroxylation sites is 3. The summed E-state index contributed by atoms with van der Waals surface area (Å²) in [5.41, 5.74) is 8.19. The maximum Gasteiger partial charge on any atom is 0.138 e. The van der Waals surface area contributed by atoms with E-state index in [9.17, 15) is 0 Å². The summed E-state index contributed by atoms with van der Waals surface area (Å²) < 4.78 is 6.23. The summed E-state index contributed by atoms with van der Waals surface area (Å²) in [5, 5.41) is 2.30. The van der Waals surface area contributed by atoms with Crippen LogP contribution in [-0.4, -0.2) is 18.0 Å². The van der Waals surface area contributed by atoms with E-state index in [1.165, 1.54) is 0 Å². The Kier molecular flexibility index (Phi) is 4.24. The van der Waals surface area contributed by atoms with Crippen LogP contribution in [0.15, 0.2) is 111 Å². The second-order valence-electron chi connectivity index (χ2n) is 7.79. The fraction of sp³-hybridized carbons (Fsp3) is 0.0714. The zero-order chi connectivity index (χ0) is 20.6. The average Bonchev–Trinajstić information content (AvgIpc) is 3.10. The lowest BCUT2D eigenvalue weighted by molar-refractivity contribution is 0.665. The lowest BCUT2D eigenvalue weighted by atomic mass is 10.0. The third-order valence-electron chi connectivity index (χ3n) is 5.78. The second-order valence-corrected chi connectivity index (χ2v) is 7.79. The second kappa shape index (κ2) is 7.37. The van der Waals surface area contributed by atoms with E-state index in [2.05, 4.69) is 66.7 Å². The van der Waals surface area contributed by atoms with E-state index in [0.29, 0.717) is 13.0 Å². The Morgan fingerprint density at radius 3 is 2.42 bits per heavy atom. The van der Waals surface area contributed by atoms with Gasteiger partial charge in [-0.3, -0.25) is 9.98 Å². The molecule has 1 aromatic heterocycles. The van der Waals surface area contributed by atoms with E-state index < -0.39 is 0 Å². The summed E-state index contributed by atoms with van der Waals surface area (Å²) in [6.45, 7) is 0.565. The number of nitrogens with zero attached hydrogens (tertiary/aromatic N) is 2. The zero-order valence-corrected chi connectivity index (χ0v) is 17.0. The molecule has 3 nitrogen and oxygen atoms in total. The van der Waals surface area contributed by atoms with Crippen LogP contribution in [0.4, 0.5) is 5.69 Å². The normalized spacial score (nSPS) is 13.5. The molecule has 2 heterocycles. The van der Waals surface area contributed by atoms with Gasteiger partial charge in [0.1, 0.15) is 11.2 Å². The standard InChI is InChI=1S/C28H20N2O/c1-2-9-19(10-3-1)27-24-13-4-6-15-25(24)30-21(18-29-27)17-20-11-8-14-23-22-12-5-7-16-26(22)31-28(20)23/h1-16H,17-18H2. The van der Waals surface area contributed by atoms with E-state index in [4.69, 9.17) is 14.4 Å². The minimum atomic E-state index is 0.565. The maximum absolute atomic E-state index is 6.23. The number of rotatable bonds is 3. The Labute approximate surface area is 180 Å². The van der Waals surface area contributed by atoms with Gasteiger partial charge >= 0.3 is 0 Å². The van der Waals surface area contributed by atoms with Gasteiger partial charge in [-0.2, -0.15) is 0 Å². The van der Waals surface area contributed by atoms with Gasteiger partial charge in [0.25, 0.3) is 0 Å². The molecule has 0 saturated heterocycles. The third kappa shape index (κ3) is 3.15. The van der Waals surface area contributed by atoms with Crippen molar-refractivity contribution in [3.05, 3.63) is 114 Å². The van der Waals surface area contributed by atoms with Crippen LogP contribution < -0.4 is 0 Å². The van der Waals surface area contributed by atoms with Crippen molar-refractivity contribution < 1.29 is 4.42 Å². The first-order valence-corrected chi connectivity index (χ1v) is 10.5. The van der Waals surface area contributed by atoms with Crippen molar-refractivity contribution in [3.63, 3.8) is 0 Å². The van der Waals surface area contributed by atoms with E-state index in [0.717, 1.165) is 55.7 Å². The molecule has 0 aliphatic carbocycles. The molecule has 0 atom stereocenters. The van der Waals surface area contributed by atoms with Crippen molar-refractivity contribution in [2.45, 2.75) is 6.42 Å². The summed E-state index contributed by atoms with van der Waals surface area (Å²) in [4.78, 5) is 10.0. The number of fused-ring (bicyclic) bond motifs is 4. The molecule has 1 aliphatic rings. The first kappa shape index (κ1) is 17.8. The SMILES string of the molecule is c1ccc(C2=NCC(Cc3cccc4c3oc3ccccc34)=Nc3ccccc32)cc1. The van der Waals surface area contributed by atoms with Crippen LogP contribution in [0, 0.1) is 0 Å². The monoisotopic (exact) mass is 400 g/mol. The fourth-order valence-corrected chi connectivity index (χ4v) is 4.34. The van der Waals surface area contributed by atoms with Gasteiger partial charge in [-0.25, -0.2) is 0 Å². The Morgan fingerprint density at radius 1 is 0.710 bits per heavy atom. The molecule has 0 N–H and O–H groups in total. The highest BCUT2D eigenvalue weighted by molar-refractivity contribution is 6.17. The summed E-state index contributed by atoms with van der Waals surface area (Å²) in [5.74, 6) is 0. The van der Waals surface area contributed by atoms with Crippen LogP contribution in [-0.2, 0) is 6.42 Å².